The highest BCUT2D eigenvalue weighted by Crippen LogP contribution is 2.32. The van der Waals surface area contributed by atoms with E-state index in [4.69, 9.17) is 4.74 Å². The van der Waals surface area contributed by atoms with Crippen molar-refractivity contribution in [2.45, 2.75) is 23.7 Å². The van der Waals surface area contributed by atoms with Crippen LogP contribution in [-0.2, 0) is 0 Å². The Morgan fingerprint density at radius 1 is 1.28 bits per heavy atom. The quantitative estimate of drug-likeness (QED) is 0.829. The van der Waals surface area contributed by atoms with Crippen molar-refractivity contribution >= 4 is 17.7 Å². The zero-order valence-corrected chi connectivity index (χ0v) is 13.9. The summed E-state index contributed by atoms with van der Waals surface area (Å²) in [5, 5.41) is 2.94. The number of aromatic nitrogens is 1. The third-order valence-corrected chi connectivity index (χ3v) is 4.72. The highest BCUT2D eigenvalue weighted by molar-refractivity contribution is 7.99. The van der Waals surface area contributed by atoms with E-state index < -0.39 is 17.8 Å². The van der Waals surface area contributed by atoms with Gasteiger partial charge in [0.25, 0.3) is 5.91 Å². The molecule has 0 radical (unpaired) electrons. The molecule has 2 aromatic rings. The molecule has 0 spiro atoms. The molecular formula is C17H15F3N2O2S. The van der Waals surface area contributed by atoms with Gasteiger partial charge in [0.05, 0.1) is 24.0 Å². The van der Waals surface area contributed by atoms with Crippen molar-refractivity contribution in [1.29, 1.82) is 0 Å². The highest BCUT2D eigenvalue weighted by Gasteiger charge is 2.29. The lowest BCUT2D eigenvalue weighted by Gasteiger charge is -2.26. The van der Waals surface area contributed by atoms with Crippen LogP contribution in [0.25, 0.3) is 0 Å². The van der Waals surface area contributed by atoms with E-state index in [-0.39, 0.29) is 16.6 Å². The van der Waals surface area contributed by atoms with Crippen molar-refractivity contribution in [2.75, 3.05) is 12.4 Å². The lowest BCUT2D eigenvalue weighted by Crippen LogP contribution is -2.32. The molecule has 25 heavy (non-hydrogen) atoms. The maximum Gasteiger partial charge on any atom is 0.398 e. The summed E-state index contributed by atoms with van der Waals surface area (Å²) < 4.78 is 42.9. The van der Waals surface area contributed by atoms with Crippen molar-refractivity contribution in [3.05, 3.63) is 53.7 Å². The fraction of sp³-hybridized carbons (Fsp3) is 0.294. The van der Waals surface area contributed by atoms with Crippen molar-refractivity contribution in [2.24, 2.45) is 0 Å². The summed E-state index contributed by atoms with van der Waals surface area (Å²) in [5.41, 5.74) is 0.996. The molecule has 0 saturated heterocycles. The third-order valence-electron chi connectivity index (χ3n) is 3.65. The molecule has 3 rings (SSSR count). The van der Waals surface area contributed by atoms with Gasteiger partial charge in [-0.25, -0.2) is 4.98 Å². The Morgan fingerprint density at radius 2 is 2.08 bits per heavy atom. The number of thioether (sulfide) groups is 1. The Balaban J connectivity index is 1.76. The second-order valence-electron chi connectivity index (χ2n) is 5.46. The number of para-hydroxylation sites is 1. The normalized spacial score (nSPS) is 16.7. The van der Waals surface area contributed by atoms with Gasteiger partial charge in [-0.05, 0) is 18.2 Å². The van der Waals surface area contributed by atoms with E-state index in [1.54, 1.807) is 0 Å². The maximum absolute atomic E-state index is 12.6. The standard InChI is InChI=1S/C17H15F3N2O2S/c18-17(19,20)10-25-16-12(5-3-8-21-16)15(23)22-13-7-9-24-14-6-2-1-4-11(13)14/h1-6,8,13H,7,9-10H2,(H,22,23)/t13-/m0/s1. The van der Waals surface area contributed by atoms with E-state index in [1.165, 1.54) is 18.3 Å². The molecule has 1 atom stereocenters. The lowest BCUT2D eigenvalue weighted by atomic mass is 10.0. The molecule has 1 aromatic carbocycles. The van der Waals surface area contributed by atoms with Gasteiger partial charge in [-0.15, -0.1) is 0 Å². The number of carbonyl (C=O) groups is 1. The summed E-state index contributed by atoms with van der Waals surface area (Å²) in [6.07, 6.45) is -2.36. The van der Waals surface area contributed by atoms with Crippen LogP contribution in [0.2, 0.25) is 0 Å². The molecule has 4 nitrogen and oxygen atoms in total. The van der Waals surface area contributed by atoms with E-state index in [1.807, 2.05) is 24.3 Å². The molecule has 1 amide bonds. The lowest BCUT2D eigenvalue weighted by molar-refractivity contribution is -0.105. The molecule has 0 aliphatic carbocycles. The molecule has 1 aliphatic heterocycles. The second-order valence-corrected chi connectivity index (χ2v) is 6.43. The average Bonchev–Trinajstić information content (AvgIpc) is 2.60. The number of pyridine rings is 1. The van der Waals surface area contributed by atoms with Crippen LogP contribution < -0.4 is 10.1 Å². The number of halogens is 3. The summed E-state index contributed by atoms with van der Waals surface area (Å²) in [7, 11) is 0. The first-order valence-corrected chi connectivity index (χ1v) is 8.60. The number of carbonyl (C=O) groups excluding carboxylic acids is 1. The van der Waals surface area contributed by atoms with Crippen LogP contribution in [0.4, 0.5) is 13.2 Å². The van der Waals surface area contributed by atoms with Crippen molar-refractivity contribution in [1.82, 2.24) is 10.3 Å². The summed E-state index contributed by atoms with van der Waals surface area (Å²) in [6, 6.07) is 10.1. The van der Waals surface area contributed by atoms with Gasteiger partial charge in [0, 0.05) is 18.2 Å². The minimum Gasteiger partial charge on any atom is -0.493 e. The number of ether oxygens (including phenoxy) is 1. The van der Waals surface area contributed by atoms with Gasteiger partial charge in [-0.3, -0.25) is 4.79 Å². The van der Waals surface area contributed by atoms with Gasteiger partial charge in [0.15, 0.2) is 0 Å². The van der Waals surface area contributed by atoms with Gasteiger partial charge < -0.3 is 10.1 Å². The molecule has 0 fully saturated rings. The number of nitrogens with one attached hydrogen (secondary N) is 1. The molecule has 2 heterocycles. The summed E-state index contributed by atoms with van der Waals surface area (Å²) >= 11 is 0.508. The Kier molecular flexibility index (Phi) is 5.17. The van der Waals surface area contributed by atoms with E-state index >= 15 is 0 Å². The number of amides is 1. The molecule has 0 unspecified atom stereocenters. The topological polar surface area (TPSA) is 51.2 Å². The smallest absolute Gasteiger partial charge is 0.398 e. The average molecular weight is 368 g/mol. The summed E-state index contributed by atoms with van der Waals surface area (Å²) in [4.78, 5) is 16.5. The molecule has 1 N–H and O–H groups in total. The molecule has 132 valence electrons. The van der Waals surface area contributed by atoms with Crippen LogP contribution in [-0.4, -0.2) is 29.4 Å². The van der Waals surface area contributed by atoms with Crippen molar-refractivity contribution in [3.8, 4) is 5.75 Å². The minimum absolute atomic E-state index is 0.0673. The Hall–Kier alpha value is -2.22. The molecule has 1 aliphatic rings. The first kappa shape index (κ1) is 17.6. The van der Waals surface area contributed by atoms with Gasteiger partial charge in [-0.1, -0.05) is 30.0 Å². The first-order chi connectivity index (χ1) is 11.9. The van der Waals surface area contributed by atoms with Crippen molar-refractivity contribution in [3.63, 3.8) is 0 Å². The summed E-state index contributed by atoms with van der Waals surface area (Å²) in [5.74, 6) is -0.832. The van der Waals surface area contributed by atoms with Gasteiger partial charge in [-0.2, -0.15) is 13.2 Å². The first-order valence-electron chi connectivity index (χ1n) is 7.61. The summed E-state index contributed by atoms with van der Waals surface area (Å²) in [6.45, 7) is 0.463. The second kappa shape index (κ2) is 7.35. The largest absolute Gasteiger partial charge is 0.493 e. The van der Waals surface area contributed by atoms with E-state index in [9.17, 15) is 18.0 Å². The van der Waals surface area contributed by atoms with Gasteiger partial charge >= 0.3 is 6.18 Å². The number of hydrogen-bond acceptors (Lipinski definition) is 4. The van der Waals surface area contributed by atoms with Gasteiger partial charge in [0.1, 0.15) is 10.8 Å². The predicted molar refractivity (Wildman–Crippen MR) is 87.8 cm³/mol. The van der Waals surface area contributed by atoms with Crippen LogP contribution in [0.15, 0.2) is 47.6 Å². The van der Waals surface area contributed by atoms with E-state index in [2.05, 4.69) is 10.3 Å². The zero-order chi connectivity index (χ0) is 17.9. The predicted octanol–water partition coefficient (Wildman–Crippen LogP) is 3.99. The van der Waals surface area contributed by atoms with Crippen LogP contribution in [0.5, 0.6) is 5.75 Å². The molecule has 0 bridgehead atoms. The zero-order valence-electron chi connectivity index (χ0n) is 13.0. The van der Waals surface area contributed by atoms with E-state index in [0.717, 1.165) is 5.56 Å². The maximum atomic E-state index is 12.6. The van der Waals surface area contributed by atoms with Crippen LogP contribution in [0.3, 0.4) is 0 Å². The number of benzene rings is 1. The minimum atomic E-state index is -4.32. The number of rotatable bonds is 4. The number of nitrogens with zero attached hydrogens (tertiary/aromatic N) is 1. The van der Waals surface area contributed by atoms with Crippen LogP contribution in [0, 0.1) is 0 Å². The van der Waals surface area contributed by atoms with Gasteiger partial charge in [0.2, 0.25) is 0 Å². The van der Waals surface area contributed by atoms with Crippen LogP contribution in [0.1, 0.15) is 28.4 Å². The van der Waals surface area contributed by atoms with Crippen LogP contribution >= 0.6 is 11.8 Å². The van der Waals surface area contributed by atoms with E-state index in [0.29, 0.717) is 30.5 Å². The fourth-order valence-corrected chi connectivity index (χ4v) is 3.31. The highest BCUT2D eigenvalue weighted by atomic mass is 32.2. The molecular weight excluding hydrogens is 353 g/mol. The Bertz CT molecular complexity index is 768. The monoisotopic (exact) mass is 368 g/mol. The van der Waals surface area contributed by atoms with Crippen molar-refractivity contribution < 1.29 is 22.7 Å². The molecule has 8 heteroatoms. The number of hydrogen-bond donors (Lipinski definition) is 1. The molecule has 1 aromatic heterocycles. The molecule has 0 saturated carbocycles. The fourth-order valence-electron chi connectivity index (χ4n) is 2.56. The third kappa shape index (κ3) is 4.45. The SMILES string of the molecule is O=C(N[C@H]1CCOc2ccccc21)c1cccnc1SCC(F)(F)F. The number of alkyl halides is 3. The Labute approximate surface area is 146 Å². The Morgan fingerprint density at radius 3 is 2.88 bits per heavy atom. The number of fused-ring (bicyclic) bond motifs is 1.